The summed E-state index contributed by atoms with van der Waals surface area (Å²) in [5, 5.41) is 0. The summed E-state index contributed by atoms with van der Waals surface area (Å²) in [4.78, 5) is 13.5. The molecule has 1 fully saturated rings. The van der Waals surface area contributed by atoms with Crippen LogP contribution in [0, 0.1) is 5.82 Å². The van der Waals surface area contributed by atoms with Crippen molar-refractivity contribution in [2.24, 2.45) is 5.73 Å². The molecule has 3 nitrogen and oxygen atoms in total. The Morgan fingerprint density at radius 1 is 1.50 bits per heavy atom. The van der Waals surface area contributed by atoms with Crippen molar-refractivity contribution in [1.29, 1.82) is 0 Å². The molecular formula is C11H14ClFN2O. The van der Waals surface area contributed by atoms with Crippen molar-refractivity contribution in [3.63, 3.8) is 0 Å². The van der Waals surface area contributed by atoms with Gasteiger partial charge in [-0.25, -0.2) is 4.39 Å². The van der Waals surface area contributed by atoms with E-state index in [1.165, 1.54) is 12.1 Å². The van der Waals surface area contributed by atoms with E-state index in [0.717, 1.165) is 6.42 Å². The predicted octanol–water partition coefficient (Wildman–Crippen LogP) is 1.42. The zero-order valence-corrected chi connectivity index (χ0v) is 9.54. The van der Waals surface area contributed by atoms with Gasteiger partial charge in [-0.3, -0.25) is 4.79 Å². The van der Waals surface area contributed by atoms with Crippen LogP contribution >= 0.6 is 12.4 Å². The summed E-state index contributed by atoms with van der Waals surface area (Å²) < 4.78 is 12.9. The first-order valence-corrected chi connectivity index (χ1v) is 4.97. The van der Waals surface area contributed by atoms with Crippen LogP contribution in [0.5, 0.6) is 0 Å². The van der Waals surface area contributed by atoms with E-state index in [2.05, 4.69) is 0 Å². The van der Waals surface area contributed by atoms with E-state index in [0.29, 0.717) is 18.7 Å². The third kappa shape index (κ3) is 2.71. The van der Waals surface area contributed by atoms with E-state index in [1.807, 2.05) is 0 Å². The molecule has 1 atom stereocenters. The summed E-state index contributed by atoms with van der Waals surface area (Å²) in [6.45, 7) is 1.23. The Kier molecular flexibility index (Phi) is 4.26. The van der Waals surface area contributed by atoms with Crippen molar-refractivity contribution in [1.82, 2.24) is 4.90 Å². The van der Waals surface area contributed by atoms with Gasteiger partial charge in [0.25, 0.3) is 5.91 Å². The van der Waals surface area contributed by atoms with Crippen molar-refractivity contribution in [2.75, 3.05) is 13.1 Å². The smallest absolute Gasteiger partial charge is 0.254 e. The number of carbonyl (C=O) groups excluding carboxylic acids is 1. The van der Waals surface area contributed by atoms with E-state index in [9.17, 15) is 9.18 Å². The Labute approximate surface area is 99.8 Å². The molecule has 1 aliphatic rings. The quantitative estimate of drug-likeness (QED) is 0.812. The van der Waals surface area contributed by atoms with E-state index in [1.54, 1.807) is 17.0 Å². The van der Waals surface area contributed by atoms with Crippen molar-refractivity contribution >= 4 is 18.3 Å². The lowest BCUT2D eigenvalue weighted by Gasteiger charge is -2.15. The van der Waals surface area contributed by atoms with Crippen LogP contribution in [0.25, 0.3) is 0 Å². The molecule has 0 aromatic heterocycles. The highest BCUT2D eigenvalue weighted by molar-refractivity contribution is 5.94. The molecule has 0 aliphatic carbocycles. The molecule has 0 spiro atoms. The number of halogens is 2. The molecule has 5 heteroatoms. The minimum Gasteiger partial charge on any atom is -0.337 e. The number of hydrogen-bond acceptors (Lipinski definition) is 2. The first-order chi connectivity index (χ1) is 7.16. The maximum absolute atomic E-state index is 12.9. The first-order valence-electron chi connectivity index (χ1n) is 4.97. The molecule has 2 rings (SSSR count). The number of nitrogens with zero attached hydrogens (tertiary/aromatic N) is 1. The van der Waals surface area contributed by atoms with Gasteiger partial charge in [0.2, 0.25) is 0 Å². The lowest BCUT2D eigenvalue weighted by molar-refractivity contribution is 0.0790. The van der Waals surface area contributed by atoms with Gasteiger partial charge >= 0.3 is 0 Å². The minimum atomic E-state index is -0.385. The summed E-state index contributed by atoms with van der Waals surface area (Å²) in [5.41, 5.74) is 6.10. The molecule has 16 heavy (non-hydrogen) atoms. The second-order valence-electron chi connectivity index (χ2n) is 3.81. The standard InChI is InChI=1S/C11H13FN2O.ClH/c12-9-3-1-2-8(6-9)11(15)14-5-4-10(13)7-14;/h1-3,6,10H,4-5,7,13H2;1H. The molecule has 1 amide bonds. The van der Waals surface area contributed by atoms with E-state index >= 15 is 0 Å². The van der Waals surface area contributed by atoms with Crippen LogP contribution in [-0.2, 0) is 0 Å². The van der Waals surface area contributed by atoms with Crippen LogP contribution < -0.4 is 5.73 Å². The Morgan fingerprint density at radius 3 is 2.81 bits per heavy atom. The second-order valence-corrected chi connectivity index (χ2v) is 3.81. The van der Waals surface area contributed by atoms with E-state index in [4.69, 9.17) is 5.73 Å². The normalized spacial score (nSPS) is 19.4. The van der Waals surface area contributed by atoms with Crippen molar-refractivity contribution in [3.05, 3.63) is 35.6 Å². The van der Waals surface area contributed by atoms with Gasteiger partial charge in [0, 0.05) is 24.7 Å². The number of benzene rings is 1. The number of likely N-dealkylation sites (tertiary alicyclic amines) is 1. The summed E-state index contributed by atoms with van der Waals surface area (Å²) >= 11 is 0. The highest BCUT2D eigenvalue weighted by Gasteiger charge is 2.24. The minimum absolute atomic E-state index is 0. The lowest BCUT2D eigenvalue weighted by Crippen LogP contribution is -2.31. The van der Waals surface area contributed by atoms with Gasteiger partial charge in [0.05, 0.1) is 0 Å². The number of nitrogens with two attached hydrogens (primary N) is 1. The molecular weight excluding hydrogens is 231 g/mol. The van der Waals surface area contributed by atoms with E-state index < -0.39 is 0 Å². The van der Waals surface area contributed by atoms with Crippen LogP contribution in [-0.4, -0.2) is 29.9 Å². The molecule has 1 aliphatic heterocycles. The second kappa shape index (κ2) is 5.27. The van der Waals surface area contributed by atoms with Gasteiger partial charge in [0.1, 0.15) is 5.82 Å². The SMILES string of the molecule is Cl.NC1CCN(C(=O)c2cccc(F)c2)C1. The summed E-state index contributed by atoms with van der Waals surface area (Å²) in [5.74, 6) is -0.521. The summed E-state index contributed by atoms with van der Waals surface area (Å²) in [7, 11) is 0. The molecule has 1 unspecified atom stereocenters. The Morgan fingerprint density at radius 2 is 2.25 bits per heavy atom. The monoisotopic (exact) mass is 244 g/mol. The lowest BCUT2D eigenvalue weighted by atomic mass is 10.2. The first kappa shape index (κ1) is 12.9. The zero-order valence-electron chi connectivity index (χ0n) is 8.73. The van der Waals surface area contributed by atoms with Gasteiger partial charge in [0.15, 0.2) is 0 Å². The maximum atomic E-state index is 12.9. The van der Waals surface area contributed by atoms with Crippen LogP contribution in [0.4, 0.5) is 4.39 Å². The molecule has 0 radical (unpaired) electrons. The van der Waals surface area contributed by atoms with Gasteiger partial charge in [-0.1, -0.05) is 6.07 Å². The Balaban J connectivity index is 0.00000128. The number of amides is 1. The Bertz CT molecular complexity index is 386. The average molecular weight is 245 g/mol. The predicted molar refractivity (Wildman–Crippen MR) is 62.1 cm³/mol. The van der Waals surface area contributed by atoms with Crippen LogP contribution in [0.2, 0.25) is 0 Å². The van der Waals surface area contributed by atoms with Crippen LogP contribution in [0.3, 0.4) is 0 Å². The Hall–Kier alpha value is -1.13. The van der Waals surface area contributed by atoms with Gasteiger partial charge in [-0.15, -0.1) is 12.4 Å². The third-order valence-corrected chi connectivity index (χ3v) is 2.58. The zero-order chi connectivity index (χ0) is 10.8. The third-order valence-electron chi connectivity index (χ3n) is 2.58. The van der Waals surface area contributed by atoms with Gasteiger partial charge in [-0.05, 0) is 24.6 Å². The molecule has 0 saturated carbocycles. The molecule has 1 saturated heterocycles. The molecule has 2 N–H and O–H groups in total. The van der Waals surface area contributed by atoms with Crippen molar-refractivity contribution < 1.29 is 9.18 Å². The summed E-state index contributed by atoms with van der Waals surface area (Å²) in [6, 6.07) is 5.80. The number of hydrogen-bond donors (Lipinski definition) is 1. The van der Waals surface area contributed by atoms with Gasteiger partial charge in [-0.2, -0.15) is 0 Å². The maximum Gasteiger partial charge on any atom is 0.254 e. The number of carbonyl (C=O) groups is 1. The fourth-order valence-corrected chi connectivity index (χ4v) is 1.78. The van der Waals surface area contributed by atoms with Crippen molar-refractivity contribution in [3.8, 4) is 0 Å². The number of rotatable bonds is 1. The molecule has 1 heterocycles. The fraction of sp³-hybridized carbons (Fsp3) is 0.364. The average Bonchev–Trinajstić information content (AvgIpc) is 2.64. The highest BCUT2D eigenvalue weighted by Crippen LogP contribution is 2.13. The van der Waals surface area contributed by atoms with E-state index in [-0.39, 0.29) is 30.2 Å². The summed E-state index contributed by atoms with van der Waals surface area (Å²) in [6.07, 6.45) is 0.820. The topological polar surface area (TPSA) is 46.3 Å². The van der Waals surface area contributed by atoms with Crippen LogP contribution in [0.15, 0.2) is 24.3 Å². The van der Waals surface area contributed by atoms with Crippen LogP contribution in [0.1, 0.15) is 16.8 Å². The fourth-order valence-electron chi connectivity index (χ4n) is 1.78. The molecule has 1 aromatic carbocycles. The van der Waals surface area contributed by atoms with Crippen molar-refractivity contribution in [2.45, 2.75) is 12.5 Å². The van der Waals surface area contributed by atoms with Gasteiger partial charge < -0.3 is 10.6 Å². The molecule has 1 aromatic rings. The molecule has 88 valence electrons. The molecule has 0 bridgehead atoms. The largest absolute Gasteiger partial charge is 0.337 e. The highest BCUT2D eigenvalue weighted by atomic mass is 35.5.